The van der Waals surface area contributed by atoms with Gasteiger partial charge in [0.15, 0.2) is 18.1 Å². The number of benzene rings is 2. The minimum atomic E-state index is -3.86. The average molecular weight is 484 g/mol. The van der Waals surface area contributed by atoms with Crippen LogP contribution in [0.4, 0.5) is 0 Å². The fourth-order valence-electron chi connectivity index (χ4n) is 3.86. The highest BCUT2D eigenvalue weighted by molar-refractivity contribution is 9.10. The number of aliphatic hydroxyl groups excluding tert-OH is 1. The number of halogens is 1. The molecule has 8 nitrogen and oxygen atoms in total. The molecule has 1 fully saturated rings. The van der Waals surface area contributed by atoms with Gasteiger partial charge in [0.25, 0.3) is 0 Å². The van der Waals surface area contributed by atoms with Gasteiger partial charge < -0.3 is 19.7 Å². The van der Waals surface area contributed by atoms with Gasteiger partial charge in [-0.3, -0.25) is 0 Å². The molecule has 10 heteroatoms. The molecular weight excluding hydrogens is 466 g/mol. The third-order valence-corrected chi connectivity index (χ3v) is 7.08. The molecule has 0 bridgehead atoms. The van der Waals surface area contributed by atoms with Crippen molar-refractivity contribution >= 4 is 31.9 Å². The summed E-state index contributed by atoms with van der Waals surface area (Å²) >= 11 is 3.27. The number of hydrogen-bond acceptors (Lipinski definition) is 6. The van der Waals surface area contributed by atoms with Crippen molar-refractivity contribution in [2.24, 2.45) is 0 Å². The van der Waals surface area contributed by atoms with Crippen LogP contribution in [-0.2, 0) is 14.8 Å². The lowest BCUT2D eigenvalue weighted by atomic mass is 9.94. The summed E-state index contributed by atoms with van der Waals surface area (Å²) < 4.78 is 40.2. The van der Waals surface area contributed by atoms with Gasteiger partial charge in [-0.1, -0.05) is 28.1 Å². The number of hydrogen-bond donors (Lipinski definition) is 3. The van der Waals surface area contributed by atoms with E-state index in [1.807, 2.05) is 0 Å². The van der Waals surface area contributed by atoms with Crippen molar-refractivity contribution in [1.82, 2.24) is 4.72 Å². The summed E-state index contributed by atoms with van der Waals surface area (Å²) in [6, 6.07) is 10.5. The average Bonchev–Trinajstić information content (AvgIpc) is 3.16. The summed E-state index contributed by atoms with van der Waals surface area (Å²) in [6.07, 6.45) is -1.12. The van der Waals surface area contributed by atoms with Crippen molar-refractivity contribution in [1.29, 1.82) is 0 Å². The maximum atomic E-state index is 12.8. The lowest BCUT2D eigenvalue weighted by Crippen LogP contribution is -2.43. The third-order valence-electron chi connectivity index (χ3n) is 5.08. The molecule has 4 atom stereocenters. The lowest BCUT2D eigenvalue weighted by molar-refractivity contribution is -0.139. The van der Waals surface area contributed by atoms with Crippen LogP contribution in [-0.4, -0.2) is 49.5 Å². The molecule has 154 valence electrons. The second kappa shape index (κ2) is 7.60. The Balaban J connectivity index is 1.62. The van der Waals surface area contributed by atoms with Crippen molar-refractivity contribution in [2.45, 2.75) is 35.5 Å². The third kappa shape index (κ3) is 3.85. The molecule has 2 aliphatic rings. The van der Waals surface area contributed by atoms with Crippen molar-refractivity contribution in [3.05, 3.63) is 52.5 Å². The number of rotatable bonds is 6. The van der Waals surface area contributed by atoms with Gasteiger partial charge in [0.05, 0.1) is 17.0 Å². The Bertz CT molecular complexity index is 1040. The Morgan fingerprint density at radius 3 is 2.66 bits per heavy atom. The Morgan fingerprint density at radius 2 is 1.97 bits per heavy atom. The largest absolute Gasteiger partial charge is 0.485 e. The highest BCUT2D eigenvalue weighted by atomic mass is 79.9. The maximum Gasteiger partial charge on any atom is 0.341 e. The molecule has 0 spiro atoms. The van der Waals surface area contributed by atoms with E-state index in [0.29, 0.717) is 11.3 Å². The minimum Gasteiger partial charge on any atom is -0.485 e. The molecule has 3 N–H and O–H groups in total. The molecular formula is C19H18BrNO7S. The van der Waals surface area contributed by atoms with Crippen LogP contribution in [0.25, 0.3) is 0 Å². The number of fused-ring (bicyclic) bond motifs is 3. The molecule has 1 saturated carbocycles. The normalized spacial score (nSPS) is 25.2. The fourth-order valence-corrected chi connectivity index (χ4v) is 5.41. The van der Waals surface area contributed by atoms with Gasteiger partial charge in [0, 0.05) is 22.4 Å². The highest BCUT2D eigenvalue weighted by Crippen LogP contribution is 2.51. The molecule has 2 aromatic rings. The summed E-state index contributed by atoms with van der Waals surface area (Å²) in [6.45, 7) is -0.516. The van der Waals surface area contributed by atoms with Crippen LogP contribution in [0.15, 0.2) is 51.8 Å². The highest BCUT2D eigenvalue weighted by Gasteiger charge is 2.51. The molecule has 1 aliphatic heterocycles. The summed E-state index contributed by atoms with van der Waals surface area (Å²) in [5, 5.41) is 19.3. The van der Waals surface area contributed by atoms with Crippen molar-refractivity contribution in [3.63, 3.8) is 0 Å². The maximum absolute atomic E-state index is 12.8. The number of carbonyl (C=O) groups is 1. The standard InChI is InChI=1S/C19H18BrNO7S/c20-10-4-6-11(7-5-10)29(25,26)21-18-13(22)8-15-17(18)12-2-1-3-14(19(12)28-15)27-9-16(23)24/h1-7,13,15,17-18,21-22H,8-9H2,(H,23,24). The molecule has 0 radical (unpaired) electrons. The first-order chi connectivity index (χ1) is 13.8. The Kier molecular flexibility index (Phi) is 5.28. The Hall–Kier alpha value is -2.14. The quantitative estimate of drug-likeness (QED) is 0.572. The minimum absolute atomic E-state index is 0.0917. The first kappa shape index (κ1) is 20.1. The fraction of sp³-hybridized carbons (Fsp3) is 0.316. The molecule has 0 saturated heterocycles. The van der Waals surface area contributed by atoms with Crippen molar-refractivity contribution in [2.75, 3.05) is 6.61 Å². The Morgan fingerprint density at radius 1 is 1.24 bits per heavy atom. The van der Waals surface area contributed by atoms with Gasteiger partial charge in [0.2, 0.25) is 10.0 Å². The van der Waals surface area contributed by atoms with E-state index < -0.39 is 46.8 Å². The number of carboxylic acids is 1. The monoisotopic (exact) mass is 483 g/mol. The van der Waals surface area contributed by atoms with E-state index in [1.54, 1.807) is 30.3 Å². The number of aliphatic carboxylic acids is 1. The first-order valence-electron chi connectivity index (χ1n) is 8.86. The van der Waals surface area contributed by atoms with Crippen molar-refractivity contribution in [3.8, 4) is 11.5 Å². The summed E-state index contributed by atoms with van der Waals surface area (Å²) in [7, 11) is -3.86. The van der Waals surface area contributed by atoms with Crippen LogP contribution in [0, 0.1) is 0 Å². The Labute approximate surface area is 175 Å². The van der Waals surface area contributed by atoms with E-state index in [1.165, 1.54) is 12.1 Å². The molecule has 0 aromatic heterocycles. The topological polar surface area (TPSA) is 122 Å². The zero-order valence-electron chi connectivity index (χ0n) is 15.0. The van der Waals surface area contributed by atoms with Crippen LogP contribution in [0.1, 0.15) is 17.9 Å². The van der Waals surface area contributed by atoms with Crippen LogP contribution in [0.2, 0.25) is 0 Å². The summed E-state index contributed by atoms with van der Waals surface area (Å²) in [4.78, 5) is 10.9. The van der Waals surface area contributed by atoms with Gasteiger partial charge in [-0.15, -0.1) is 0 Å². The van der Waals surface area contributed by atoms with E-state index in [9.17, 15) is 18.3 Å². The van der Waals surface area contributed by atoms with Crippen LogP contribution in [0.5, 0.6) is 11.5 Å². The second-order valence-corrected chi connectivity index (χ2v) is 9.57. The molecule has 29 heavy (non-hydrogen) atoms. The number of ether oxygens (including phenoxy) is 2. The molecule has 2 aromatic carbocycles. The van der Waals surface area contributed by atoms with E-state index >= 15 is 0 Å². The number of aliphatic hydroxyl groups is 1. The van der Waals surface area contributed by atoms with Crippen LogP contribution >= 0.6 is 15.9 Å². The van der Waals surface area contributed by atoms with Crippen LogP contribution in [0.3, 0.4) is 0 Å². The number of para-hydroxylation sites is 1. The predicted molar refractivity (Wildman–Crippen MR) is 106 cm³/mol. The molecule has 1 aliphatic carbocycles. The predicted octanol–water partition coefficient (Wildman–Crippen LogP) is 1.87. The zero-order valence-corrected chi connectivity index (χ0v) is 17.4. The number of carboxylic acid groups (broad SMARTS) is 1. The van der Waals surface area contributed by atoms with Gasteiger partial charge in [-0.2, -0.15) is 0 Å². The van der Waals surface area contributed by atoms with Crippen LogP contribution < -0.4 is 14.2 Å². The van der Waals surface area contributed by atoms with Crippen molar-refractivity contribution < 1.29 is 32.9 Å². The molecule has 1 heterocycles. The van der Waals surface area contributed by atoms with Gasteiger partial charge >= 0.3 is 5.97 Å². The summed E-state index contributed by atoms with van der Waals surface area (Å²) in [5.74, 6) is -0.859. The van der Waals surface area contributed by atoms with E-state index in [-0.39, 0.29) is 17.1 Å². The lowest BCUT2D eigenvalue weighted by Gasteiger charge is -2.22. The second-order valence-electron chi connectivity index (χ2n) is 6.94. The zero-order chi connectivity index (χ0) is 20.8. The van der Waals surface area contributed by atoms with E-state index in [4.69, 9.17) is 14.6 Å². The van der Waals surface area contributed by atoms with Gasteiger partial charge in [-0.05, 0) is 30.3 Å². The van der Waals surface area contributed by atoms with E-state index in [2.05, 4.69) is 20.7 Å². The van der Waals surface area contributed by atoms with Gasteiger partial charge in [-0.25, -0.2) is 17.9 Å². The number of sulfonamides is 1. The first-order valence-corrected chi connectivity index (χ1v) is 11.1. The number of nitrogens with one attached hydrogen (secondary N) is 1. The molecule has 4 unspecified atom stereocenters. The summed E-state index contributed by atoms with van der Waals surface area (Å²) in [5.41, 5.74) is 0.679. The van der Waals surface area contributed by atoms with E-state index in [0.717, 1.165) is 4.47 Å². The SMILES string of the molecule is O=C(O)COc1cccc2c1OC1CC(O)C(NS(=O)(=O)c3ccc(Br)cc3)C21. The smallest absolute Gasteiger partial charge is 0.341 e. The van der Waals surface area contributed by atoms with Gasteiger partial charge in [0.1, 0.15) is 6.10 Å². The molecule has 0 amide bonds. The molecule has 4 rings (SSSR count).